The molecule has 3 heteroatoms. The highest BCUT2D eigenvalue weighted by molar-refractivity contribution is 5.73. The van der Waals surface area contributed by atoms with Gasteiger partial charge in [-0.15, -0.1) is 0 Å². The van der Waals surface area contributed by atoms with Crippen LogP contribution in [0, 0.1) is 12.8 Å². The Labute approximate surface area is 103 Å². The molecule has 0 saturated carbocycles. The van der Waals surface area contributed by atoms with Crippen molar-refractivity contribution in [2.45, 2.75) is 39.8 Å². The van der Waals surface area contributed by atoms with E-state index in [4.69, 9.17) is 5.11 Å². The summed E-state index contributed by atoms with van der Waals surface area (Å²) in [6, 6.07) is 7.57. The topological polar surface area (TPSA) is 49.3 Å². The Morgan fingerprint density at radius 3 is 2.29 bits per heavy atom. The number of benzene rings is 1. The van der Waals surface area contributed by atoms with Crippen LogP contribution in [0.25, 0.3) is 0 Å². The van der Waals surface area contributed by atoms with Crippen LogP contribution in [-0.4, -0.2) is 17.1 Å². The summed E-state index contributed by atoms with van der Waals surface area (Å²) in [7, 11) is 0. The van der Waals surface area contributed by atoms with Crippen LogP contribution in [0.3, 0.4) is 0 Å². The summed E-state index contributed by atoms with van der Waals surface area (Å²) >= 11 is 0. The van der Waals surface area contributed by atoms with Crippen LogP contribution in [-0.2, 0) is 4.79 Å². The van der Waals surface area contributed by atoms with Gasteiger partial charge in [0.1, 0.15) is 6.04 Å². The highest BCUT2D eigenvalue weighted by Crippen LogP contribution is 2.18. The number of hydrogen-bond donors (Lipinski definition) is 2. The normalized spacial score (nSPS) is 14.6. The number of aliphatic carboxylic acids is 1. The highest BCUT2D eigenvalue weighted by Gasteiger charge is 2.23. The zero-order valence-electron chi connectivity index (χ0n) is 10.9. The maximum absolute atomic E-state index is 11.1. The molecule has 0 amide bonds. The van der Waals surface area contributed by atoms with E-state index in [0.717, 1.165) is 5.56 Å². The standard InChI is InChI=1S/C14H21NO2/c1-9(2)13(14(16)17)15-11(4)12-8-6-5-7-10(12)3/h5-9,11,13,15H,1-4H3,(H,16,17)/t11-,13?/m0/s1. The van der Waals surface area contributed by atoms with Crippen molar-refractivity contribution in [3.8, 4) is 0 Å². The molecule has 0 radical (unpaired) electrons. The molecule has 1 rings (SSSR count). The number of nitrogens with one attached hydrogen (secondary N) is 1. The molecule has 2 N–H and O–H groups in total. The molecule has 17 heavy (non-hydrogen) atoms. The van der Waals surface area contributed by atoms with Crippen molar-refractivity contribution in [1.82, 2.24) is 5.32 Å². The molecular weight excluding hydrogens is 214 g/mol. The molecule has 3 nitrogen and oxygen atoms in total. The van der Waals surface area contributed by atoms with Gasteiger partial charge in [0, 0.05) is 6.04 Å². The summed E-state index contributed by atoms with van der Waals surface area (Å²) in [5.74, 6) is -0.723. The Morgan fingerprint density at radius 2 is 1.82 bits per heavy atom. The third-order valence-electron chi connectivity index (χ3n) is 3.02. The predicted octanol–water partition coefficient (Wildman–Crippen LogP) is 2.75. The zero-order valence-corrected chi connectivity index (χ0v) is 10.9. The third-order valence-corrected chi connectivity index (χ3v) is 3.02. The molecule has 0 aromatic heterocycles. The summed E-state index contributed by atoms with van der Waals surface area (Å²) in [5.41, 5.74) is 2.33. The van der Waals surface area contributed by atoms with E-state index in [-0.39, 0.29) is 12.0 Å². The number of carbonyl (C=O) groups is 1. The van der Waals surface area contributed by atoms with Gasteiger partial charge in [0.25, 0.3) is 0 Å². The number of carboxylic acid groups (broad SMARTS) is 1. The molecule has 0 spiro atoms. The number of hydrogen-bond acceptors (Lipinski definition) is 2. The fourth-order valence-corrected chi connectivity index (χ4v) is 1.98. The largest absolute Gasteiger partial charge is 0.480 e. The second-order valence-corrected chi connectivity index (χ2v) is 4.80. The lowest BCUT2D eigenvalue weighted by Crippen LogP contribution is -2.42. The van der Waals surface area contributed by atoms with E-state index in [1.54, 1.807) is 0 Å². The molecule has 1 aromatic carbocycles. The second-order valence-electron chi connectivity index (χ2n) is 4.80. The first kappa shape index (κ1) is 13.7. The van der Waals surface area contributed by atoms with E-state index in [0.29, 0.717) is 0 Å². The van der Waals surface area contributed by atoms with Gasteiger partial charge in [0.05, 0.1) is 0 Å². The summed E-state index contributed by atoms with van der Waals surface area (Å²) in [6.07, 6.45) is 0. The van der Waals surface area contributed by atoms with E-state index in [1.807, 2.05) is 52.0 Å². The molecular formula is C14H21NO2. The van der Waals surface area contributed by atoms with Crippen LogP contribution in [0.1, 0.15) is 37.9 Å². The molecule has 0 heterocycles. The van der Waals surface area contributed by atoms with Gasteiger partial charge in [-0.2, -0.15) is 0 Å². The summed E-state index contributed by atoms with van der Waals surface area (Å²) < 4.78 is 0. The van der Waals surface area contributed by atoms with E-state index in [2.05, 4.69) is 5.32 Å². The van der Waals surface area contributed by atoms with Crippen molar-refractivity contribution in [1.29, 1.82) is 0 Å². The van der Waals surface area contributed by atoms with Crippen LogP contribution in [0.5, 0.6) is 0 Å². The van der Waals surface area contributed by atoms with E-state index < -0.39 is 12.0 Å². The minimum absolute atomic E-state index is 0.0414. The maximum atomic E-state index is 11.1. The lowest BCUT2D eigenvalue weighted by molar-refractivity contribution is -0.140. The molecule has 1 unspecified atom stereocenters. The number of aryl methyl sites for hydroxylation is 1. The highest BCUT2D eigenvalue weighted by atomic mass is 16.4. The Kier molecular flexibility index (Phi) is 4.70. The minimum Gasteiger partial charge on any atom is -0.480 e. The molecule has 0 aliphatic heterocycles. The molecule has 0 aliphatic carbocycles. The maximum Gasteiger partial charge on any atom is 0.320 e. The lowest BCUT2D eigenvalue weighted by Gasteiger charge is -2.24. The first-order chi connectivity index (χ1) is 7.93. The second kappa shape index (κ2) is 5.82. The number of rotatable bonds is 5. The molecule has 1 aromatic rings. The monoisotopic (exact) mass is 235 g/mol. The van der Waals surface area contributed by atoms with Crippen molar-refractivity contribution >= 4 is 5.97 Å². The smallest absolute Gasteiger partial charge is 0.320 e. The minimum atomic E-state index is -0.791. The molecule has 2 atom stereocenters. The van der Waals surface area contributed by atoms with Crippen LogP contribution >= 0.6 is 0 Å². The Balaban J connectivity index is 2.81. The van der Waals surface area contributed by atoms with Crippen molar-refractivity contribution in [2.24, 2.45) is 5.92 Å². The van der Waals surface area contributed by atoms with E-state index in [1.165, 1.54) is 5.56 Å². The van der Waals surface area contributed by atoms with Gasteiger partial charge in [-0.1, -0.05) is 38.1 Å². The van der Waals surface area contributed by atoms with Gasteiger partial charge in [-0.25, -0.2) is 0 Å². The van der Waals surface area contributed by atoms with E-state index >= 15 is 0 Å². The Hall–Kier alpha value is -1.35. The van der Waals surface area contributed by atoms with Gasteiger partial charge in [0.15, 0.2) is 0 Å². The van der Waals surface area contributed by atoms with Crippen LogP contribution < -0.4 is 5.32 Å². The Morgan fingerprint density at radius 1 is 1.24 bits per heavy atom. The third kappa shape index (κ3) is 3.56. The molecule has 0 saturated heterocycles. The molecule has 0 bridgehead atoms. The Bertz CT molecular complexity index is 388. The molecule has 0 aliphatic rings. The fourth-order valence-electron chi connectivity index (χ4n) is 1.98. The first-order valence-electron chi connectivity index (χ1n) is 5.98. The van der Waals surface area contributed by atoms with Gasteiger partial charge in [0.2, 0.25) is 0 Å². The summed E-state index contributed by atoms with van der Waals surface area (Å²) in [4.78, 5) is 11.1. The predicted molar refractivity (Wildman–Crippen MR) is 69.0 cm³/mol. The van der Waals surface area contributed by atoms with Crippen LogP contribution in [0.4, 0.5) is 0 Å². The molecule has 0 fully saturated rings. The fraction of sp³-hybridized carbons (Fsp3) is 0.500. The van der Waals surface area contributed by atoms with Gasteiger partial charge >= 0.3 is 5.97 Å². The van der Waals surface area contributed by atoms with Crippen molar-refractivity contribution in [3.05, 3.63) is 35.4 Å². The van der Waals surface area contributed by atoms with Crippen molar-refractivity contribution in [3.63, 3.8) is 0 Å². The van der Waals surface area contributed by atoms with E-state index in [9.17, 15) is 4.79 Å². The van der Waals surface area contributed by atoms with Gasteiger partial charge < -0.3 is 5.11 Å². The number of carboxylic acids is 1. The lowest BCUT2D eigenvalue weighted by atomic mass is 9.99. The average molecular weight is 235 g/mol. The molecule has 94 valence electrons. The average Bonchev–Trinajstić information content (AvgIpc) is 2.25. The van der Waals surface area contributed by atoms with Crippen LogP contribution in [0.15, 0.2) is 24.3 Å². The van der Waals surface area contributed by atoms with Crippen molar-refractivity contribution in [2.75, 3.05) is 0 Å². The quantitative estimate of drug-likeness (QED) is 0.825. The SMILES string of the molecule is Cc1ccccc1[C@H](C)NC(C(=O)O)C(C)C. The first-order valence-corrected chi connectivity index (χ1v) is 5.98. The van der Waals surface area contributed by atoms with Gasteiger partial charge in [-0.05, 0) is 30.9 Å². The zero-order chi connectivity index (χ0) is 13.0. The van der Waals surface area contributed by atoms with Gasteiger partial charge in [-0.3, -0.25) is 10.1 Å². The summed E-state index contributed by atoms with van der Waals surface area (Å²) in [5, 5.41) is 12.3. The van der Waals surface area contributed by atoms with Crippen LogP contribution in [0.2, 0.25) is 0 Å². The summed E-state index contributed by atoms with van der Waals surface area (Å²) in [6.45, 7) is 7.87. The van der Waals surface area contributed by atoms with Crippen molar-refractivity contribution < 1.29 is 9.90 Å².